The Balaban J connectivity index is 2.19. The second-order valence-corrected chi connectivity index (χ2v) is 4.44. The predicted molar refractivity (Wildman–Crippen MR) is 63.5 cm³/mol. The van der Waals surface area contributed by atoms with Crippen molar-refractivity contribution in [1.82, 2.24) is 9.97 Å². The van der Waals surface area contributed by atoms with E-state index >= 15 is 0 Å². The average molecular weight is 243 g/mol. The van der Waals surface area contributed by atoms with Crippen molar-refractivity contribution >= 4 is 23.4 Å². The summed E-state index contributed by atoms with van der Waals surface area (Å²) in [6.07, 6.45) is 3.60. The zero-order chi connectivity index (χ0) is 11.5. The van der Waals surface area contributed by atoms with Gasteiger partial charge in [-0.3, -0.25) is 0 Å². The fourth-order valence-corrected chi connectivity index (χ4v) is 2.21. The molecule has 5 nitrogen and oxygen atoms in total. The molecule has 88 valence electrons. The second kappa shape index (κ2) is 4.84. The van der Waals surface area contributed by atoms with Gasteiger partial charge in [-0.05, 0) is 18.8 Å². The van der Waals surface area contributed by atoms with Gasteiger partial charge < -0.3 is 15.7 Å². The number of aromatic nitrogens is 2. The number of aliphatic hydroxyl groups is 1. The first kappa shape index (κ1) is 11.4. The van der Waals surface area contributed by atoms with E-state index in [9.17, 15) is 0 Å². The van der Waals surface area contributed by atoms with Gasteiger partial charge in [0.15, 0.2) is 5.82 Å². The third-order valence-corrected chi connectivity index (χ3v) is 3.09. The van der Waals surface area contributed by atoms with Gasteiger partial charge in [-0.2, -0.15) is 4.98 Å². The molecule has 1 aromatic rings. The fraction of sp³-hybridized carbons (Fsp3) is 0.600. The highest BCUT2D eigenvalue weighted by Gasteiger charge is 2.22. The van der Waals surface area contributed by atoms with Crippen LogP contribution >= 0.6 is 11.6 Å². The van der Waals surface area contributed by atoms with E-state index in [1.165, 1.54) is 6.20 Å². The Labute approximate surface area is 99.3 Å². The molecule has 16 heavy (non-hydrogen) atoms. The second-order valence-electron chi connectivity index (χ2n) is 4.04. The number of nitrogen functional groups attached to an aromatic ring is 1. The first-order valence-corrected chi connectivity index (χ1v) is 5.72. The number of halogens is 1. The van der Waals surface area contributed by atoms with Crippen molar-refractivity contribution in [2.45, 2.75) is 12.8 Å². The summed E-state index contributed by atoms with van der Waals surface area (Å²) in [4.78, 5) is 10.0. The molecule has 0 radical (unpaired) electrons. The molecule has 0 aromatic carbocycles. The highest BCUT2D eigenvalue weighted by Crippen LogP contribution is 2.27. The summed E-state index contributed by atoms with van der Waals surface area (Å²) in [6.45, 7) is 1.87. The maximum atomic E-state index is 9.16. The van der Waals surface area contributed by atoms with Crippen molar-refractivity contribution in [2.75, 3.05) is 30.3 Å². The molecular weight excluding hydrogens is 228 g/mol. The van der Waals surface area contributed by atoms with E-state index in [0.717, 1.165) is 25.9 Å². The number of nitrogens with zero attached hydrogens (tertiary/aromatic N) is 3. The summed E-state index contributed by atoms with van der Waals surface area (Å²) in [5.41, 5.74) is 5.54. The highest BCUT2D eigenvalue weighted by molar-refractivity contribution is 6.32. The minimum atomic E-state index is 0.203. The quantitative estimate of drug-likeness (QED) is 0.807. The van der Waals surface area contributed by atoms with Gasteiger partial charge in [-0.25, -0.2) is 4.98 Å². The summed E-state index contributed by atoms with van der Waals surface area (Å²) in [6, 6.07) is 0. The number of nitrogens with two attached hydrogens (primary N) is 1. The van der Waals surface area contributed by atoms with Crippen LogP contribution in [0.4, 0.5) is 11.8 Å². The van der Waals surface area contributed by atoms with Crippen LogP contribution in [-0.2, 0) is 0 Å². The molecule has 0 amide bonds. The van der Waals surface area contributed by atoms with Crippen LogP contribution in [0.25, 0.3) is 0 Å². The van der Waals surface area contributed by atoms with E-state index in [2.05, 4.69) is 14.9 Å². The smallest absolute Gasteiger partial charge is 0.222 e. The normalized spacial score (nSPS) is 21.1. The highest BCUT2D eigenvalue weighted by atomic mass is 35.5. The Kier molecular flexibility index (Phi) is 3.46. The van der Waals surface area contributed by atoms with Gasteiger partial charge >= 0.3 is 0 Å². The zero-order valence-corrected chi connectivity index (χ0v) is 9.69. The lowest BCUT2D eigenvalue weighted by Crippen LogP contribution is -2.37. The topological polar surface area (TPSA) is 75.3 Å². The summed E-state index contributed by atoms with van der Waals surface area (Å²) in [5, 5.41) is 9.67. The molecule has 6 heteroatoms. The van der Waals surface area contributed by atoms with E-state index in [-0.39, 0.29) is 12.6 Å². The maximum absolute atomic E-state index is 9.16. The molecule has 2 rings (SSSR count). The molecule has 0 saturated carbocycles. The Bertz CT molecular complexity index is 374. The molecule has 1 unspecified atom stereocenters. The zero-order valence-electron chi connectivity index (χ0n) is 8.93. The lowest BCUT2D eigenvalue weighted by molar-refractivity contribution is 0.208. The van der Waals surface area contributed by atoms with Gasteiger partial charge in [0, 0.05) is 19.7 Å². The Hall–Kier alpha value is -1.07. The largest absolute Gasteiger partial charge is 0.396 e. The van der Waals surface area contributed by atoms with Crippen molar-refractivity contribution < 1.29 is 5.11 Å². The molecule has 2 heterocycles. The summed E-state index contributed by atoms with van der Waals surface area (Å²) in [7, 11) is 0. The molecule has 1 aliphatic rings. The van der Waals surface area contributed by atoms with Crippen LogP contribution in [0.15, 0.2) is 6.20 Å². The standard InChI is InChI=1S/C10H15ClN4O/c11-8-4-13-10(12)14-9(8)15-3-1-2-7(5-15)6-16/h4,7,16H,1-3,5-6H2,(H2,12,13,14). The molecular formula is C10H15ClN4O. The van der Waals surface area contributed by atoms with Crippen molar-refractivity contribution in [3.05, 3.63) is 11.2 Å². The lowest BCUT2D eigenvalue weighted by Gasteiger charge is -2.33. The van der Waals surface area contributed by atoms with Gasteiger partial charge in [0.1, 0.15) is 5.02 Å². The van der Waals surface area contributed by atoms with E-state index < -0.39 is 0 Å². The van der Waals surface area contributed by atoms with E-state index in [0.29, 0.717) is 16.8 Å². The van der Waals surface area contributed by atoms with Crippen LogP contribution in [0, 0.1) is 5.92 Å². The van der Waals surface area contributed by atoms with Gasteiger partial charge in [-0.1, -0.05) is 11.6 Å². The first-order chi connectivity index (χ1) is 7.70. The summed E-state index contributed by atoms with van der Waals surface area (Å²) in [5.74, 6) is 1.19. The van der Waals surface area contributed by atoms with Gasteiger partial charge in [0.25, 0.3) is 0 Å². The van der Waals surface area contributed by atoms with E-state index in [1.54, 1.807) is 0 Å². The monoisotopic (exact) mass is 242 g/mol. The van der Waals surface area contributed by atoms with Crippen molar-refractivity contribution in [1.29, 1.82) is 0 Å². The fourth-order valence-electron chi connectivity index (χ4n) is 2.00. The third-order valence-electron chi connectivity index (χ3n) is 2.82. The van der Waals surface area contributed by atoms with Crippen molar-refractivity contribution in [3.63, 3.8) is 0 Å². The SMILES string of the molecule is Nc1ncc(Cl)c(N2CCCC(CO)C2)n1. The molecule has 1 saturated heterocycles. The molecule has 0 aliphatic carbocycles. The summed E-state index contributed by atoms with van der Waals surface area (Å²) < 4.78 is 0. The lowest BCUT2D eigenvalue weighted by atomic mass is 9.99. The molecule has 1 atom stereocenters. The van der Waals surface area contributed by atoms with Gasteiger partial charge in [0.2, 0.25) is 5.95 Å². The third kappa shape index (κ3) is 2.36. The minimum absolute atomic E-state index is 0.203. The van der Waals surface area contributed by atoms with E-state index in [1.807, 2.05) is 0 Å². The van der Waals surface area contributed by atoms with Crippen molar-refractivity contribution in [3.8, 4) is 0 Å². The van der Waals surface area contributed by atoms with Gasteiger partial charge in [0.05, 0.1) is 6.20 Å². The molecule has 1 aromatic heterocycles. The Morgan fingerprint density at radius 1 is 1.62 bits per heavy atom. The van der Waals surface area contributed by atoms with Crippen molar-refractivity contribution in [2.24, 2.45) is 5.92 Å². The van der Waals surface area contributed by atoms with Crippen LogP contribution in [0.3, 0.4) is 0 Å². The van der Waals surface area contributed by atoms with Crippen LogP contribution < -0.4 is 10.6 Å². The van der Waals surface area contributed by atoms with Gasteiger partial charge in [-0.15, -0.1) is 0 Å². The number of aliphatic hydroxyl groups excluding tert-OH is 1. The molecule has 1 aliphatic heterocycles. The average Bonchev–Trinajstić information content (AvgIpc) is 2.32. The number of hydrogen-bond acceptors (Lipinski definition) is 5. The molecule has 3 N–H and O–H groups in total. The van der Waals surface area contributed by atoms with E-state index in [4.69, 9.17) is 22.4 Å². The molecule has 1 fully saturated rings. The van der Waals surface area contributed by atoms with Crippen LogP contribution in [0.5, 0.6) is 0 Å². The number of hydrogen-bond donors (Lipinski definition) is 2. The van der Waals surface area contributed by atoms with Crippen LogP contribution in [0.1, 0.15) is 12.8 Å². The van der Waals surface area contributed by atoms with Crippen LogP contribution in [-0.4, -0.2) is 34.8 Å². The number of anilines is 2. The number of rotatable bonds is 2. The maximum Gasteiger partial charge on any atom is 0.222 e. The Morgan fingerprint density at radius 2 is 2.44 bits per heavy atom. The molecule has 0 bridgehead atoms. The summed E-state index contributed by atoms with van der Waals surface area (Å²) >= 11 is 6.04. The predicted octanol–water partition coefficient (Wildman–Crippen LogP) is 0.921. The Morgan fingerprint density at radius 3 is 3.19 bits per heavy atom. The molecule has 0 spiro atoms. The number of piperidine rings is 1. The minimum Gasteiger partial charge on any atom is -0.396 e. The first-order valence-electron chi connectivity index (χ1n) is 5.34. The van der Waals surface area contributed by atoms with Crippen LogP contribution in [0.2, 0.25) is 5.02 Å².